The van der Waals surface area contributed by atoms with Crippen LogP contribution in [0.4, 0.5) is 5.95 Å². The lowest BCUT2D eigenvalue weighted by molar-refractivity contribution is 0.131. The summed E-state index contributed by atoms with van der Waals surface area (Å²) in [7, 11) is 0. The van der Waals surface area contributed by atoms with Crippen molar-refractivity contribution >= 4 is 5.95 Å². The maximum atomic E-state index is 5.56. The number of aromatic nitrogens is 2. The predicted molar refractivity (Wildman–Crippen MR) is 87.1 cm³/mol. The fraction of sp³-hybridized carbons (Fsp3) is 0.471. The van der Waals surface area contributed by atoms with Crippen molar-refractivity contribution in [3.63, 3.8) is 0 Å². The molecule has 1 heterocycles. The number of hydrogen-bond donors (Lipinski definition) is 1. The normalized spacial score (nSPS) is 10.8. The van der Waals surface area contributed by atoms with E-state index in [4.69, 9.17) is 4.74 Å². The van der Waals surface area contributed by atoms with Gasteiger partial charge >= 0.3 is 0 Å². The molecule has 2 aromatic rings. The number of anilines is 1. The van der Waals surface area contributed by atoms with Gasteiger partial charge in [-0.3, -0.25) is 4.57 Å². The van der Waals surface area contributed by atoms with Gasteiger partial charge in [-0.25, -0.2) is 4.98 Å². The SMILES string of the molecule is CCCCOCCCNc1nc(C)cn1-c1ccccc1. The first-order valence-electron chi connectivity index (χ1n) is 7.74. The van der Waals surface area contributed by atoms with Gasteiger partial charge in [-0.1, -0.05) is 31.5 Å². The van der Waals surface area contributed by atoms with Gasteiger partial charge < -0.3 is 10.1 Å². The molecule has 1 aromatic heterocycles. The lowest BCUT2D eigenvalue weighted by atomic mass is 10.3. The predicted octanol–water partition coefficient (Wildman–Crippen LogP) is 3.80. The Morgan fingerprint density at radius 2 is 1.90 bits per heavy atom. The summed E-state index contributed by atoms with van der Waals surface area (Å²) in [6, 6.07) is 10.3. The second-order valence-corrected chi connectivity index (χ2v) is 5.16. The van der Waals surface area contributed by atoms with Gasteiger partial charge in [-0.05, 0) is 31.9 Å². The molecule has 0 unspecified atom stereocenters. The molecule has 114 valence electrons. The molecular weight excluding hydrogens is 262 g/mol. The summed E-state index contributed by atoms with van der Waals surface area (Å²) in [6.45, 7) is 6.73. The van der Waals surface area contributed by atoms with Crippen molar-refractivity contribution in [2.45, 2.75) is 33.1 Å². The molecule has 0 amide bonds. The van der Waals surface area contributed by atoms with Crippen LogP contribution in [0.15, 0.2) is 36.5 Å². The Morgan fingerprint density at radius 1 is 1.14 bits per heavy atom. The summed E-state index contributed by atoms with van der Waals surface area (Å²) in [6.07, 6.45) is 5.37. The third-order valence-corrected chi connectivity index (χ3v) is 3.25. The van der Waals surface area contributed by atoms with Gasteiger partial charge in [0.05, 0.1) is 5.69 Å². The van der Waals surface area contributed by atoms with Crippen LogP contribution in [0.2, 0.25) is 0 Å². The molecule has 0 saturated carbocycles. The maximum absolute atomic E-state index is 5.56. The monoisotopic (exact) mass is 287 g/mol. The molecule has 0 saturated heterocycles. The van der Waals surface area contributed by atoms with E-state index in [1.807, 2.05) is 25.1 Å². The summed E-state index contributed by atoms with van der Waals surface area (Å²) >= 11 is 0. The third kappa shape index (κ3) is 4.90. The molecule has 0 radical (unpaired) electrons. The van der Waals surface area contributed by atoms with Crippen LogP contribution in [0.1, 0.15) is 31.9 Å². The number of nitrogens with zero attached hydrogens (tertiary/aromatic N) is 2. The van der Waals surface area contributed by atoms with Crippen LogP contribution in [0.3, 0.4) is 0 Å². The number of aryl methyl sites for hydroxylation is 1. The van der Waals surface area contributed by atoms with Crippen molar-refractivity contribution in [2.75, 3.05) is 25.1 Å². The number of rotatable bonds is 9. The molecular formula is C17H25N3O. The van der Waals surface area contributed by atoms with Crippen LogP contribution in [-0.4, -0.2) is 29.3 Å². The minimum Gasteiger partial charge on any atom is -0.381 e. The van der Waals surface area contributed by atoms with Gasteiger partial charge in [-0.15, -0.1) is 0 Å². The number of ether oxygens (including phenoxy) is 1. The van der Waals surface area contributed by atoms with E-state index >= 15 is 0 Å². The first-order valence-corrected chi connectivity index (χ1v) is 7.74. The Kier molecular flexibility index (Phi) is 6.28. The maximum Gasteiger partial charge on any atom is 0.207 e. The van der Waals surface area contributed by atoms with E-state index in [1.165, 1.54) is 6.42 Å². The second kappa shape index (κ2) is 8.47. The lowest BCUT2D eigenvalue weighted by Gasteiger charge is -2.09. The molecule has 0 aliphatic heterocycles. The van der Waals surface area contributed by atoms with Crippen LogP contribution in [-0.2, 0) is 4.74 Å². The lowest BCUT2D eigenvalue weighted by Crippen LogP contribution is -2.10. The zero-order valence-corrected chi connectivity index (χ0v) is 13.0. The van der Waals surface area contributed by atoms with Gasteiger partial charge in [0.25, 0.3) is 0 Å². The minimum atomic E-state index is 0.804. The number of hydrogen-bond acceptors (Lipinski definition) is 3. The number of unbranched alkanes of at least 4 members (excludes halogenated alkanes) is 1. The van der Waals surface area contributed by atoms with Crippen LogP contribution in [0.5, 0.6) is 0 Å². The zero-order chi connectivity index (χ0) is 14.9. The van der Waals surface area contributed by atoms with Crippen LogP contribution in [0.25, 0.3) is 5.69 Å². The standard InChI is InChI=1S/C17H25N3O/c1-3-4-12-21-13-8-11-18-17-19-15(2)14-20(17)16-9-6-5-7-10-16/h5-7,9-10,14H,3-4,8,11-13H2,1-2H3,(H,18,19). The Labute approximate surface area is 127 Å². The molecule has 1 N–H and O–H groups in total. The average molecular weight is 287 g/mol. The Hall–Kier alpha value is -1.81. The fourth-order valence-corrected chi connectivity index (χ4v) is 2.13. The number of benzene rings is 1. The van der Waals surface area contributed by atoms with E-state index in [-0.39, 0.29) is 0 Å². The highest BCUT2D eigenvalue weighted by molar-refractivity contribution is 5.42. The molecule has 4 heteroatoms. The largest absolute Gasteiger partial charge is 0.381 e. The van der Waals surface area contributed by atoms with Crippen molar-refractivity contribution in [1.82, 2.24) is 9.55 Å². The molecule has 0 bridgehead atoms. The topological polar surface area (TPSA) is 39.1 Å². The van der Waals surface area contributed by atoms with Gasteiger partial charge in [-0.2, -0.15) is 0 Å². The molecule has 4 nitrogen and oxygen atoms in total. The van der Waals surface area contributed by atoms with Crippen molar-refractivity contribution < 1.29 is 4.74 Å². The van der Waals surface area contributed by atoms with E-state index in [0.29, 0.717) is 0 Å². The Balaban J connectivity index is 1.84. The first kappa shape index (κ1) is 15.6. The van der Waals surface area contributed by atoms with E-state index in [2.05, 4.69) is 40.1 Å². The van der Waals surface area contributed by atoms with Crippen LogP contribution >= 0.6 is 0 Å². The second-order valence-electron chi connectivity index (χ2n) is 5.16. The summed E-state index contributed by atoms with van der Waals surface area (Å²) in [4.78, 5) is 4.55. The zero-order valence-electron chi connectivity index (χ0n) is 13.0. The highest BCUT2D eigenvalue weighted by atomic mass is 16.5. The van der Waals surface area contributed by atoms with E-state index in [1.54, 1.807) is 0 Å². The molecule has 21 heavy (non-hydrogen) atoms. The first-order chi connectivity index (χ1) is 10.3. The Bertz CT molecular complexity index is 522. The molecule has 2 rings (SSSR count). The van der Waals surface area contributed by atoms with Gasteiger partial charge in [0, 0.05) is 31.6 Å². The molecule has 0 fully saturated rings. The summed E-state index contributed by atoms with van der Waals surface area (Å²) in [5.74, 6) is 0.896. The van der Waals surface area contributed by atoms with Crippen molar-refractivity contribution in [3.8, 4) is 5.69 Å². The smallest absolute Gasteiger partial charge is 0.207 e. The third-order valence-electron chi connectivity index (χ3n) is 3.25. The molecule has 0 aliphatic carbocycles. The molecule has 1 aromatic carbocycles. The Morgan fingerprint density at radius 3 is 2.67 bits per heavy atom. The fourth-order valence-electron chi connectivity index (χ4n) is 2.13. The highest BCUT2D eigenvalue weighted by Gasteiger charge is 2.06. The average Bonchev–Trinajstić information content (AvgIpc) is 2.88. The number of imidazole rings is 1. The number of nitrogens with one attached hydrogen (secondary N) is 1. The molecule has 0 spiro atoms. The van der Waals surface area contributed by atoms with Crippen molar-refractivity contribution in [1.29, 1.82) is 0 Å². The summed E-state index contributed by atoms with van der Waals surface area (Å²) in [5, 5.41) is 3.40. The van der Waals surface area contributed by atoms with Gasteiger partial charge in [0.15, 0.2) is 0 Å². The van der Waals surface area contributed by atoms with E-state index < -0.39 is 0 Å². The molecule has 0 atom stereocenters. The van der Waals surface area contributed by atoms with Gasteiger partial charge in [0.1, 0.15) is 0 Å². The van der Waals surface area contributed by atoms with Crippen molar-refractivity contribution in [2.24, 2.45) is 0 Å². The summed E-state index contributed by atoms with van der Waals surface area (Å²) in [5.41, 5.74) is 2.14. The van der Waals surface area contributed by atoms with Crippen LogP contribution < -0.4 is 5.32 Å². The quantitative estimate of drug-likeness (QED) is 0.713. The minimum absolute atomic E-state index is 0.804. The molecule has 0 aliphatic rings. The van der Waals surface area contributed by atoms with E-state index in [9.17, 15) is 0 Å². The van der Waals surface area contributed by atoms with Crippen LogP contribution in [0, 0.1) is 6.92 Å². The van der Waals surface area contributed by atoms with E-state index in [0.717, 1.165) is 49.9 Å². The van der Waals surface area contributed by atoms with Gasteiger partial charge in [0.2, 0.25) is 5.95 Å². The van der Waals surface area contributed by atoms with Crippen molar-refractivity contribution in [3.05, 3.63) is 42.2 Å². The number of para-hydroxylation sites is 1. The highest BCUT2D eigenvalue weighted by Crippen LogP contribution is 2.16. The summed E-state index contributed by atoms with van der Waals surface area (Å²) < 4.78 is 7.66.